The number of nitrogens with zero attached hydrogens (tertiary/aromatic N) is 1. The van der Waals surface area contributed by atoms with Crippen molar-refractivity contribution in [3.63, 3.8) is 0 Å². The molecule has 0 aliphatic rings. The number of ether oxygens (including phenoxy) is 2. The van der Waals surface area contributed by atoms with Crippen LogP contribution in [0.4, 0.5) is 11.4 Å². The standard InChI is InChI=1S/C23H21ClN2O6S/c1-31-23(28)16-8-13-20(24)21(14-16)25-22(27)15-26(33(2,29)30)17-9-11-19(12-10-17)32-18-6-4-3-5-7-18/h3-14H,15H2,1-2H3,(H,25,27). The van der Waals surface area contributed by atoms with Gasteiger partial charge in [-0.25, -0.2) is 13.2 Å². The maximum absolute atomic E-state index is 12.6. The lowest BCUT2D eigenvalue weighted by atomic mass is 10.2. The van der Waals surface area contributed by atoms with Crippen LogP contribution in [0.2, 0.25) is 5.02 Å². The van der Waals surface area contributed by atoms with E-state index < -0.39 is 28.4 Å². The molecule has 10 heteroatoms. The number of esters is 1. The SMILES string of the molecule is COC(=O)c1ccc(Cl)c(NC(=O)CN(c2ccc(Oc3ccccc3)cc2)S(C)(=O)=O)c1. The second kappa shape index (κ2) is 10.4. The molecular weight excluding hydrogens is 468 g/mol. The molecule has 0 aliphatic heterocycles. The van der Waals surface area contributed by atoms with Gasteiger partial charge in [0.25, 0.3) is 0 Å². The van der Waals surface area contributed by atoms with Crippen molar-refractivity contribution >= 4 is 44.9 Å². The molecule has 3 rings (SSSR count). The van der Waals surface area contributed by atoms with E-state index in [1.54, 1.807) is 24.3 Å². The van der Waals surface area contributed by atoms with Gasteiger partial charge in [-0.1, -0.05) is 29.8 Å². The Morgan fingerprint density at radius 1 is 0.970 bits per heavy atom. The third-order valence-electron chi connectivity index (χ3n) is 4.45. The smallest absolute Gasteiger partial charge is 0.337 e. The van der Waals surface area contributed by atoms with E-state index in [1.165, 1.54) is 37.4 Å². The van der Waals surface area contributed by atoms with Crippen LogP contribution in [0.1, 0.15) is 10.4 Å². The molecular formula is C23H21ClN2O6S. The Bertz CT molecular complexity index is 1250. The summed E-state index contributed by atoms with van der Waals surface area (Å²) in [4.78, 5) is 24.4. The zero-order chi connectivity index (χ0) is 24.0. The molecule has 172 valence electrons. The topological polar surface area (TPSA) is 102 Å². The summed E-state index contributed by atoms with van der Waals surface area (Å²) in [6.45, 7) is -0.503. The normalized spacial score (nSPS) is 10.9. The lowest BCUT2D eigenvalue weighted by Gasteiger charge is -2.22. The van der Waals surface area contributed by atoms with Crippen LogP contribution >= 0.6 is 11.6 Å². The van der Waals surface area contributed by atoms with E-state index in [-0.39, 0.29) is 22.0 Å². The summed E-state index contributed by atoms with van der Waals surface area (Å²) < 4.78 is 36.1. The summed E-state index contributed by atoms with van der Waals surface area (Å²) in [6.07, 6.45) is 1.000. The molecule has 0 saturated heterocycles. The highest BCUT2D eigenvalue weighted by atomic mass is 35.5. The Balaban J connectivity index is 1.76. The zero-order valence-electron chi connectivity index (χ0n) is 17.8. The lowest BCUT2D eigenvalue weighted by Crippen LogP contribution is -2.37. The molecule has 3 aromatic carbocycles. The number of hydrogen-bond donors (Lipinski definition) is 1. The summed E-state index contributed by atoms with van der Waals surface area (Å²) in [5.74, 6) is -0.100. The van der Waals surface area contributed by atoms with E-state index in [0.717, 1.165) is 10.6 Å². The minimum absolute atomic E-state index is 0.157. The van der Waals surface area contributed by atoms with Crippen molar-refractivity contribution in [1.82, 2.24) is 0 Å². The van der Waals surface area contributed by atoms with Gasteiger partial charge >= 0.3 is 5.97 Å². The highest BCUT2D eigenvalue weighted by Gasteiger charge is 2.22. The first-order valence-electron chi connectivity index (χ1n) is 9.66. The Kier molecular flexibility index (Phi) is 7.57. The Morgan fingerprint density at radius 2 is 1.61 bits per heavy atom. The van der Waals surface area contributed by atoms with Gasteiger partial charge in [-0.3, -0.25) is 9.10 Å². The zero-order valence-corrected chi connectivity index (χ0v) is 19.4. The molecule has 8 nitrogen and oxygen atoms in total. The molecule has 0 saturated carbocycles. The number of rotatable bonds is 8. The summed E-state index contributed by atoms with van der Waals surface area (Å²) in [6, 6.07) is 19.6. The van der Waals surface area contributed by atoms with Crippen LogP contribution in [0.3, 0.4) is 0 Å². The average Bonchev–Trinajstić information content (AvgIpc) is 2.79. The predicted octanol–water partition coefficient (Wildman–Crippen LogP) is 4.32. The molecule has 0 atom stereocenters. The van der Waals surface area contributed by atoms with Crippen molar-refractivity contribution in [2.75, 3.05) is 29.5 Å². The maximum Gasteiger partial charge on any atom is 0.337 e. The fourth-order valence-corrected chi connectivity index (χ4v) is 3.91. The molecule has 0 spiro atoms. The summed E-state index contributed by atoms with van der Waals surface area (Å²) in [7, 11) is -2.56. The number of hydrogen-bond acceptors (Lipinski definition) is 6. The number of benzene rings is 3. The molecule has 0 unspecified atom stereocenters. The van der Waals surface area contributed by atoms with Gasteiger partial charge in [0.1, 0.15) is 18.0 Å². The number of para-hydroxylation sites is 1. The first kappa shape index (κ1) is 24.1. The third kappa shape index (κ3) is 6.47. The number of halogens is 1. The second-order valence-electron chi connectivity index (χ2n) is 6.91. The molecule has 0 fully saturated rings. The number of sulfonamides is 1. The first-order chi connectivity index (χ1) is 15.7. The van der Waals surface area contributed by atoms with Crippen molar-refractivity contribution in [2.45, 2.75) is 0 Å². The monoisotopic (exact) mass is 488 g/mol. The van der Waals surface area contributed by atoms with Gasteiger partial charge in [-0.05, 0) is 54.6 Å². The second-order valence-corrected chi connectivity index (χ2v) is 9.23. The van der Waals surface area contributed by atoms with Crippen molar-refractivity contribution in [1.29, 1.82) is 0 Å². The fourth-order valence-electron chi connectivity index (χ4n) is 2.89. The summed E-state index contributed by atoms with van der Waals surface area (Å²) in [5.41, 5.74) is 0.623. The molecule has 1 amide bonds. The Morgan fingerprint density at radius 3 is 2.21 bits per heavy atom. The van der Waals surface area contributed by atoms with Gasteiger partial charge in [-0.15, -0.1) is 0 Å². The lowest BCUT2D eigenvalue weighted by molar-refractivity contribution is -0.114. The van der Waals surface area contributed by atoms with E-state index in [2.05, 4.69) is 10.1 Å². The molecule has 0 aromatic heterocycles. The van der Waals surface area contributed by atoms with Gasteiger partial charge in [0.05, 0.1) is 35.3 Å². The van der Waals surface area contributed by atoms with Crippen LogP contribution in [0, 0.1) is 0 Å². The van der Waals surface area contributed by atoms with Crippen LogP contribution in [0.25, 0.3) is 0 Å². The third-order valence-corrected chi connectivity index (χ3v) is 5.92. The highest BCUT2D eigenvalue weighted by Crippen LogP contribution is 2.26. The van der Waals surface area contributed by atoms with Gasteiger partial charge in [0.2, 0.25) is 15.9 Å². The molecule has 3 aromatic rings. The molecule has 0 bridgehead atoms. The van der Waals surface area contributed by atoms with Crippen LogP contribution in [0.5, 0.6) is 11.5 Å². The number of nitrogens with one attached hydrogen (secondary N) is 1. The molecule has 1 N–H and O–H groups in total. The van der Waals surface area contributed by atoms with Crippen LogP contribution in [-0.4, -0.2) is 40.2 Å². The predicted molar refractivity (Wildman–Crippen MR) is 127 cm³/mol. The minimum Gasteiger partial charge on any atom is -0.465 e. The van der Waals surface area contributed by atoms with Gasteiger partial charge in [-0.2, -0.15) is 0 Å². The van der Waals surface area contributed by atoms with Gasteiger partial charge in [0, 0.05) is 0 Å². The van der Waals surface area contributed by atoms with E-state index >= 15 is 0 Å². The number of methoxy groups -OCH3 is 1. The summed E-state index contributed by atoms with van der Waals surface area (Å²) >= 11 is 6.10. The van der Waals surface area contributed by atoms with E-state index in [1.807, 2.05) is 18.2 Å². The number of carbonyl (C=O) groups is 2. The van der Waals surface area contributed by atoms with Crippen molar-refractivity contribution in [2.24, 2.45) is 0 Å². The molecule has 0 heterocycles. The fraction of sp³-hybridized carbons (Fsp3) is 0.130. The van der Waals surface area contributed by atoms with Crippen LogP contribution in [-0.2, 0) is 19.6 Å². The van der Waals surface area contributed by atoms with Crippen LogP contribution in [0.15, 0.2) is 72.8 Å². The molecule has 0 radical (unpaired) electrons. The van der Waals surface area contributed by atoms with Crippen LogP contribution < -0.4 is 14.4 Å². The van der Waals surface area contributed by atoms with Crippen molar-refractivity contribution < 1.29 is 27.5 Å². The Labute approximate surface area is 196 Å². The van der Waals surface area contributed by atoms with E-state index in [4.69, 9.17) is 16.3 Å². The summed E-state index contributed by atoms with van der Waals surface area (Å²) in [5, 5.41) is 2.72. The average molecular weight is 489 g/mol. The number of carbonyl (C=O) groups excluding carboxylic acids is 2. The largest absolute Gasteiger partial charge is 0.465 e. The first-order valence-corrected chi connectivity index (χ1v) is 11.9. The number of anilines is 2. The van der Waals surface area contributed by atoms with Gasteiger partial charge < -0.3 is 14.8 Å². The van der Waals surface area contributed by atoms with E-state index in [9.17, 15) is 18.0 Å². The Hall–Kier alpha value is -3.56. The molecule has 0 aliphatic carbocycles. The van der Waals surface area contributed by atoms with E-state index in [0.29, 0.717) is 11.5 Å². The quantitative estimate of drug-likeness (QED) is 0.474. The maximum atomic E-state index is 12.6. The van der Waals surface area contributed by atoms with Gasteiger partial charge in [0.15, 0.2) is 0 Å². The van der Waals surface area contributed by atoms with Crippen molar-refractivity contribution in [3.8, 4) is 11.5 Å². The highest BCUT2D eigenvalue weighted by molar-refractivity contribution is 7.92. The van der Waals surface area contributed by atoms with Crippen molar-refractivity contribution in [3.05, 3.63) is 83.4 Å². The molecule has 33 heavy (non-hydrogen) atoms. The minimum atomic E-state index is -3.79. The number of amides is 1.